The van der Waals surface area contributed by atoms with Gasteiger partial charge in [-0.1, -0.05) is 6.07 Å². The van der Waals surface area contributed by atoms with Crippen molar-refractivity contribution in [2.24, 2.45) is 0 Å². The van der Waals surface area contributed by atoms with Crippen molar-refractivity contribution in [1.82, 2.24) is 10.3 Å². The van der Waals surface area contributed by atoms with Crippen LogP contribution < -0.4 is 10.2 Å². The number of thiophene rings is 1. The summed E-state index contributed by atoms with van der Waals surface area (Å²) in [6, 6.07) is 5.07. The Hall–Kier alpha value is -0.910. The second-order valence-electron chi connectivity index (χ2n) is 4.86. The zero-order valence-corrected chi connectivity index (χ0v) is 12.8. The molecule has 3 nitrogen and oxygen atoms in total. The first-order valence-corrected chi connectivity index (χ1v) is 8.50. The summed E-state index contributed by atoms with van der Waals surface area (Å²) in [6.45, 7) is 5.13. The van der Waals surface area contributed by atoms with Crippen LogP contribution in [0.5, 0.6) is 0 Å². The van der Waals surface area contributed by atoms with Gasteiger partial charge in [0.25, 0.3) is 0 Å². The first-order chi connectivity index (χ1) is 9.35. The smallest absolute Gasteiger partial charge is 0.185 e. The van der Waals surface area contributed by atoms with Crippen LogP contribution in [0.15, 0.2) is 23.7 Å². The molecule has 0 amide bonds. The molecule has 0 spiro atoms. The highest BCUT2D eigenvalue weighted by Gasteiger charge is 2.20. The van der Waals surface area contributed by atoms with E-state index in [1.54, 1.807) is 0 Å². The molecular weight excluding hydrogens is 274 g/mol. The van der Waals surface area contributed by atoms with Gasteiger partial charge in [-0.15, -0.1) is 22.7 Å². The summed E-state index contributed by atoms with van der Waals surface area (Å²) in [5.41, 5.74) is 0. The lowest BCUT2D eigenvalue weighted by molar-refractivity contribution is 0.694. The van der Waals surface area contributed by atoms with Gasteiger partial charge in [0.2, 0.25) is 0 Å². The fourth-order valence-electron chi connectivity index (χ4n) is 1.96. The molecule has 2 aromatic rings. The van der Waals surface area contributed by atoms with E-state index < -0.39 is 0 Å². The molecule has 0 radical (unpaired) electrons. The van der Waals surface area contributed by atoms with Crippen LogP contribution in [0, 0.1) is 0 Å². The highest BCUT2D eigenvalue weighted by molar-refractivity contribution is 7.15. The van der Waals surface area contributed by atoms with E-state index in [1.807, 2.05) is 28.9 Å². The van der Waals surface area contributed by atoms with Crippen molar-refractivity contribution >= 4 is 27.8 Å². The Kier molecular flexibility index (Phi) is 4.15. The number of nitrogens with one attached hydrogen (secondary N) is 1. The summed E-state index contributed by atoms with van der Waals surface area (Å²) in [6.07, 6.45) is 4.70. The summed E-state index contributed by atoms with van der Waals surface area (Å²) in [5, 5.41) is 6.82. The van der Waals surface area contributed by atoms with Gasteiger partial charge in [0, 0.05) is 35.1 Å². The molecule has 0 unspecified atom stereocenters. The van der Waals surface area contributed by atoms with E-state index in [4.69, 9.17) is 0 Å². The van der Waals surface area contributed by atoms with E-state index in [1.165, 1.54) is 22.6 Å². The molecule has 0 atom stereocenters. The molecule has 0 bridgehead atoms. The number of thiazole rings is 1. The minimum absolute atomic E-state index is 0.763. The molecular formula is C14H19N3S2. The van der Waals surface area contributed by atoms with Crippen LogP contribution in [-0.2, 0) is 13.1 Å². The van der Waals surface area contributed by atoms with Gasteiger partial charge in [0.05, 0.1) is 6.54 Å². The van der Waals surface area contributed by atoms with Crippen LogP contribution in [-0.4, -0.2) is 17.6 Å². The summed E-state index contributed by atoms with van der Waals surface area (Å²) in [5.74, 6) is 0. The maximum absolute atomic E-state index is 4.58. The maximum atomic E-state index is 4.58. The van der Waals surface area contributed by atoms with E-state index in [2.05, 4.69) is 39.6 Å². The number of nitrogens with zero attached hydrogens (tertiary/aromatic N) is 2. The Morgan fingerprint density at radius 3 is 3.00 bits per heavy atom. The first-order valence-electron chi connectivity index (χ1n) is 6.80. The second kappa shape index (κ2) is 6.03. The van der Waals surface area contributed by atoms with Crippen molar-refractivity contribution in [2.45, 2.75) is 38.9 Å². The largest absolute Gasteiger partial charge is 0.343 e. The van der Waals surface area contributed by atoms with Gasteiger partial charge in [0.1, 0.15) is 0 Å². The molecule has 19 heavy (non-hydrogen) atoms. The molecule has 1 fully saturated rings. The molecule has 0 aliphatic heterocycles. The molecule has 1 aliphatic carbocycles. The lowest BCUT2D eigenvalue weighted by Gasteiger charge is -2.18. The van der Waals surface area contributed by atoms with Crippen molar-refractivity contribution in [3.63, 3.8) is 0 Å². The van der Waals surface area contributed by atoms with Crippen LogP contribution >= 0.6 is 22.7 Å². The summed E-state index contributed by atoms with van der Waals surface area (Å²) in [4.78, 5) is 9.66. The number of aromatic nitrogens is 1. The number of hydrogen-bond acceptors (Lipinski definition) is 5. The van der Waals surface area contributed by atoms with E-state index in [0.717, 1.165) is 30.8 Å². The maximum Gasteiger partial charge on any atom is 0.185 e. The standard InChI is InChI=1S/C14H19N3S2/c1-2-17(10-12-4-3-7-18-12)14-16-9-13(19-14)8-15-11-5-6-11/h3-4,7,9,11,15H,2,5-6,8,10H2,1H3. The summed E-state index contributed by atoms with van der Waals surface area (Å²) < 4.78 is 0. The number of anilines is 1. The van der Waals surface area contributed by atoms with Gasteiger partial charge < -0.3 is 10.2 Å². The first kappa shape index (κ1) is 13.1. The molecule has 3 rings (SSSR count). The zero-order chi connectivity index (χ0) is 13.1. The Morgan fingerprint density at radius 2 is 2.32 bits per heavy atom. The van der Waals surface area contributed by atoms with Crippen molar-refractivity contribution in [2.75, 3.05) is 11.4 Å². The minimum Gasteiger partial charge on any atom is -0.343 e. The van der Waals surface area contributed by atoms with Crippen LogP contribution in [0.4, 0.5) is 5.13 Å². The van der Waals surface area contributed by atoms with Crippen molar-refractivity contribution < 1.29 is 0 Å². The lowest BCUT2D eigenvalue weighted by Crippen LogP contribution is -2.21. The van der Waals surface area contributed by atoms with Gasteiger partial charge >= 0.3 is 0 Å². The van der Waals surface area contributed by atoms with Gasteiger partial charge in [-0.05, 0) is 31.2 Å². The van der Waals surface area contributed by atoms with Crippen LogP contribution in [0.25, 0.3) is 0 Å². The molecule has 1 N–H and O–H groups in total. The third-order valence-electron chi connectivity index (χ3n) is 3.26. The third-order valence-corrected chi connectivity index (χ3v) is 5.18. The van der Waals surface area contributed by atoms with Crippen LogP contribution in [0.2, 0.25) is 0 Å². The Labute approximate surface area is 122 Å². The molecule has 2 aromatic heterocycles. The Bertz CT molecular complexity index is 503. The van der Waals surface area contributed by atoms with Gasteiger partial charge in [-0.3, -0.25) is 0 Å². The fourth-order valence-corrected chi connectivity index (χ4v) is 3.61. The molecule has 0 aromatic carbocycles. The SMILES string of the molecule is CCN(Cc1cccs1)c1ncc(CNC2CC2)s1. The van der Waals surface area contributed by atoms with Gasteiger partial charge in [0.15, 0.2) is 5.13 Å². The minimum atomic E-state index is 0.763. The Morgan fingerprint density at radius 1 is 1.42 bits per heavy atom. The predicted octanol–water partition coefficient (Wildman–Crippen LogP) is 3.48. The van der Waals surface area contributed by atoms with E-state index in [-0.39, 0.29) is 0 Å². The summed E-state index contributed by atoms with van der Waals surface area (Å²) in [7, 11) is 0. The molecule has 1 aliphatic rings. The van der Waals surface area contributed by atoms with E-state index in [9.17, 15) is 0 Å². The molecule has 102 valence electrons. The topological polar surface area (TPSA) is 28.2 Å². The highest BCUT2D eigenvalue weighted by Crippen LogP contribution is 2.26. The van der Waals surface area contributed by atoms with E-state index >= 15 is 0 Å². The van der Waals surface area contributed by atoms with Crippen LogP contribution in [0.1, 0.15) is 29.5 Å². The van der Waals surface area contributed by atoms with Gasteiger partial charge in [-0.25, -0.2) is 4.98 Å². The molecule has 2 heterocycles. The average molecular weight is 293 g/mol. The van der Waals surface area contributed by atoms with Crippen LogP contribution in [0.3, 0.4) is 0 Å². The van der Waals surface area contributed by atoms with Crippen molar-refractivity contribution in [3.05, 3.63) is 33.5 Å². The van der Waals surface area contributed by atoms with Crippen molar-refractivity contribution in [1.29, 1.82) is 0 Å². The monoisotopic (exact) mass is 293 g/mol. The Balaban J connectivity index is 1.61. The average Bonchev–Trinajstić information content (AvgIpc) is 2.92. The molecule has 1 saturated carbocycles. The van der Waals surface area contributed by atoms with Gasteiger partial charge in [-0.2, -0.15) is 0 Å². The number of hydrogen-bond donors (Lipinski definition) is 1. The van der Waals surface area contributed by atoms with E-state index in [0.29, 0.717) is 0 Å². The highest BCUT2D eigenvalue weighted by atomic mass is 32.1. The fraction of sp³-hybridized carbons (Fsp3) is 0.500. The number of rotatable bonds is 7. The second-order valence-corrected chi connectivity index (χ2v) is 6.98. The normalized spacial score (nSPS) is 14.8. The zero-order valence-electron chi connectivity index (χ0n) is 11.1. The lowest BCUT2D eigenvalue weighted by atomic mass is 10.4. The third kappa shape index (κ3) is 3.55. The summed E-state index contributed by atoms with van der Waals surface area (Å²) >= 11 is 3.63. The molecule has 5 heteroatoms. The predicted molar refractivity (Wildman–Crippen MR) is 83.0 cm³/mol. The quantitative estimate of drug-likeness (QED) is 0.847. The van der Waals surface area contributed by atoms with Crippen molar-refractivity contribution in [3.8, 4) is 0 Å². The molecule has 0 saturated heterocycles.